The number of rotatable bonds is 3. The maximum Gasteiger partial charge on any atom is 0.255 e. The molecule has 1 rings (SSSR count). The molecule has 0 aromatic carbocycles. The van der Waals surface area contributed by atoms with Gasteiger partial charge in [0.05, 0.1) is 11.8 Å². The molecule has 0 saturated carbocycles. The summed E-state index contributed by atoms with van der Waals surface area (Å²) in [6.45, 7) is 4.04. The monoisotopic (exact) mass is 182 g/mol. The van der Waals surface area contributed by atoms with Crippen molar-refractivity contribution in [3.63, 3.8) is 0 Å². The Bertz CT molecular complexity index is 294. The zero-order chi connectivity index (χ0) is 9.84. The summed E-state index contributed by atoms with van der Waals surface area (Å²) in [4.78, 5) is 11.5. The van der Waals surface area contributed by atoms with E-state index in [0.29, 0.717) is 17.9 Å². The van der Waals surface area contributed by atoms with Crippen LogP contribution in [-0.2, 0) is 0 Å². The first-order chi connectivity index (χ1) is 6.15. The summed E-state index contributed by atoms with van der Waals surface area (Å²) in [7, 11) is 0. The Morgan fingerprint density at radius 1 is 1.77 bits per heavy atom. The van der Waals surface area contributed by atoms with Gasteiger partial charge in [0, 0.05) is 12.6 Å². The van der Waals surface area contributed by atoms with Gasteiger partial charge in [-0.15, -0.1) is 0 Å². The van der Waals surface area contributed by atoms with E-state index < -0.39 is 0 Å². The van der Waals surface area contributed by atoms with E-state index in [2.05, 4.69) is 5.32 Å². The second-order valence-electron chi connectivity index (χ2n) is 3.00. The smallest absolute Gasteiger partial charge is 0.255 e. The molecule has 1 heterocycles. The number of nitrogens with two attached hydrogens (primary N) is 1. The minimum absolute atomic E-state index is 0.0122. The summed E-state index contributed by atoms with van der Waals surface area (Å²) in [6.07, 6.45) is 1.50. The molecule has 0 aliphatic rings. The van der Waals surface area contributed by atoms with Crippen LogP contribution in [0.2, 0.25) is 0 Å². The second-order valence-corrected chi connectivity index (χ2v) is 3.00. The van der Waals surface area contributed by atoms with Gasteiger partial charge in [-0.25, -0.2) is 0 Å². The Kier molecular flexibility index (Phi) is 3.08. The van der Waals surface area contributed by atoms with Crippen LogP contribution >= 0.6 is 0 Å². The Labute approximate surface area is 77.1 Å². The maximum atomic E-state index is 11.5. The van der Waals surface area contributed by atoms with Crippen molar-refractivity contribution in [2.45, 2.75) is 19.9 Å². The first kappa shape index (κ1) is 9.80. The molecule has 1 aromatic rings. The van der Waals surface area contributed by atoms with Crippen molar-refractivity contribution in [3.8, 4) is 0 Å². The molecule has 1 aromatic heterocycles. The molecule has 4 heteroatoms. The van der Waals surface area contributed by atoms with Gasteiger partial charge in [-0.2, -0.15) is 0 Å². The zero-order valence-corrected chi connectivity index (χ0v) is 7.83. The van der Waals surface area contributed by atoms with Crippen molar-refractivity contribution in [1.29, 1.82) is 0 Å². The van der Waals surface area contributed by atoms with Crippen LogP contribution in [0.3, 0.4) is 0 Å². The third-order valence-electron chi connectivity index (χ3n) is 1.83. The largest absolute Gasteiger partial charge is 0.469 e. The highest BCUT2D eigenvalue weighted by Crippen LogP contribution is 2.08. The molecule has 72 valence electrons. The quantitative estimate of drug-likeness (QED) is 0.721. The SMILES string of the molecule is Cc1occc1C(=O)N[C@@H](C)CN. The number of hydrogen-bond donors (Lipinski definition) is 2. The summed E-state index contributed by atoms with van der Waals surface area (Å²) in [5, 5.41) is 2.75. The number of furan rings is 1. The predicted molar refractivity (Wildman–Crippen MR) is 49.4 cm³/mol. The van der Waals surface area contributed by atoms with Crippen LogP contribution in [0.1, 0.15) is 23.0 Å². The van der Waals surface area contributed by atoms with Crippen LogP contribution in [0, 0.1) is 6.92 Å². The summed E-state index contributed by atoms with van der Waals surface area (Å²) >= 11 is 0. The molecular formula is C9H14N2O2. The highest BCUT2D eigenvalue weighted by molar-refractivity contribution is 5.95. The molecule has 1 atom stereocenters. The lowest BCUT2D eigenvalue weighted by molar-refractivity contribution is 0.0940. The van der Waals surface area contributed by atoms with Gasteiger partial charge in [-0.1, -0.05) is 0 Å². The van der Waals surface area contributed by atoms with Gasteiger partial charge < -0.3 is 15.5 Å². The molecule has 4 nitrogen and oxygen atoms in total. The van der Waals surface area contributed by atoms with Gasteiger partial charge >= 0.3 is 0 Å². The van der Waals surface area contributed by atoms with E-state index in [4.69, 9.17) is 10.2 Å². The molecule has 0 fully saturated rings. The van der Waals surface area contributed by atoms with E-state index in [0.717, 1.165) is 0 Å². The van der Waals surface area contributed by atoms with Gasteiger partial charge in [0.15, 0.2) is 0 Å². The van der Waals surface area contributed by atoms with Crippen LogP contribution in [0.4, 0.5) is 0 Å². The Morgan fingerprint density at radius 3 is 2.92 bits per heavy atom. The molecule has 0 bridgehead atoms. The van der Waals surface area contributed by atoms with Gasteiger partial charge in [-0.05, 0) is 19.9 Å². The maximum absolute atomic E-state index is 11.5. The molecule has 13 heavy (non-hydrogen) atoms. The molecule has 0 radical (unpaired) electrons. The van der Waals surface area contributed by atoms with Crippen LogP contribution < -0.4 is 11.1 Å². The van der Waals surface area contributed by atoms with Crippen LogP contribution in [0.25, 0.3) is 0 Å². The fraction of sp³-hybridized carbons (Fsp3) is 0.444. The molecule has 0 saturated heterocycles. The summed E-state index contributed by atoms with van der Waals surface area (Å²) in [6, 6.07) is 1.63. The average molecular weight is 182 g/mol. The molecule has 3 N–H and O–H groups in total. The average Bonchev–Trinajstić information content (AvgIpc) is 2.51. The predicted octanol–water partition coefficient (Wildman–Crippen LogP) is 0.665. The van der Waals surface area contributed by atoms with Crippen molar-refractivity contribution >= 4 is 5.91 Å². The number of amides is 1. The molecular weight excluding hydrogens is 168 g/mol. The van der Waals surface area contributed by atoms with Crippen LogP contribution in [-0.4, -0.2) is 18.5 Å². The molecule has 0 spiro atoms. The zero-order valence-electron chi connectivity index (χ0n) is 7.83. The lowest BCUT2D eigenvalue weighted by atomic mass is 10.2. The van der Waals surface area contributed by atoms with Crippen molar-refractivity contribution < 1.29 is 9.21 Å². The van der Waals surface area contributed by atoms with Crippen molar-refractivity contribution in [2.75, 3.05) is 6.54 Å². The molecule has 0 aliphatic heterocycles. The van der Waals surface area contributed by atoms with Gasteiger partial charge in [0.25, 0.3) is 5.91 Å². The minimum atomic E-state index is -0.135. The molecule has 0 unspecified atom stereocenters. The van der Waals surface area contributed by atoms with Crippen molar-refractivity contribution in [1.82, 2.24) is 5.32 Å². The van der Waals surface area contributed by atoms with Crippen molar-refractivity contribution in [3.05, 3.63) is 23.7 Å². The van der Waals surface area contributed by atoms with E-state index in [1.165, 1.54) is 6.26 Å². The van der Waals surface area contributed by atoms with Gasteiger partial charge in [0.2, 0.25) is 0 Å². The Morgan fingerprint density at radius 2 is 2.46 bits per heavy atom. The number of carbonyl (C=O) groups excluding carboxylic acids is 1. The highest BCUT2D eigenvalue weighted by atomic mass is 16.3. The van der Waals surface area contributed by atoms with Crippen molar-refractivity contribution in [2.24, 2.45) is 5.73 Å². The van der Waals surface area contributed by atoms with Gasteiger partial charge in [-0.3, -0.25) is 4.79 Å². The third-order valence-corrected chi connectivity index (χ3v) is 1.83. The number of hydrogen-bond acceptors (Lipinski definition) is 3. The van der Waals surface area contributed by atoms with E-state index in [-0.39, 0.29) is 11.9 Å². The standard InChI is InChI=1S/C9H14N2O2/c1-6(5-10)11-9(12)8-3-4-13-7(8)2/h3-4,6H,5,10H2,1-2H3,(H,11,12)/t6-/m0/s1. The summed E-state index contributed by atoms with van der Waals surface area (Å²) in [5.41, 5.74) is 5.94. The van der Waals surface area contributed by atoms with Gasteiger partial charge in [0.1, 0.15) is 5.76 Å². The fourth-order valence-electron chi connectivity index (χ4n) is 0.981. The number of aryl methyl sites for hydroxylation is 1. The van der Waals surface area contributed by atoms with E-state index >= 15 is 0 Å². The second kappa shape index (κ2) is 4.09. The topological polar surface area (TPSA) is 68.3 Å². The molecule has 1 amide bonds. The minimum Gasteiger partial charge on any atom is -0.469 e. The normalized spacial score (nSPS) is 12.5. The Balaban J connectivity index is 2.64. The van der Waals surface area contributed by atoms with E-state index in [1.54, 1.807) is 13.0 Å². The van der Waals surface area contributed by atoms with E-state index in [1.807, 2.05) is 6.92 Å². The number of carbonyl (C=O) groups is 1. The van der Waals surface area contributed by atoms with E-state index in [9.17, 15) is 4.79 Å². The Hall–Kier alpha value is -1.29. The fourth-order valence-corrected chi connectivity index (χ4v) is 0.981. The van der Waals surface area contributed by atoms with Crippen LogP contribution in [0.5, 0.6) is 0 Å². The number of nitrogens with one attached hydrogen (secondary N) is 1. The molecule has 0 aliphatic carbocycles. The lowest BCUT2D eigenvalue weighted by Gasteiger charge is -2.10. The first-order valence-corrected chi connectivity index (χ1v) is 4.20. The summed E-state index contributed by atoms with van der Waals surface area (Å²) in [5.74, 6) is 0.492. The summed E-state index contributed by atoms with van der Waals surface area (Å²) < 4.78 is 5.01. The third kappa shape index (κ3) is 2.32. The first-order valence-electron chi connectivity index (χ1n) is 4.20. The highest BCUT2D eigenvalue weighted by Gasteiger charge is 2.12. The van der Waals surface area contributed by atoms with Crippen LogP contribution in [0.15, 0.2) is 16.7 Å². The lowest BCUT2D eigenvalue weighted by Crippen LogP contribution is -2.37.